The molecule has 0 radical (unpaired) electrons. The summed E-state index contributed by atoms with van der Waals surface area (Å²) < 4.78 is 8.74. The van der Waals surface area contributed by atoms with Gasteiger partial charge in [0.15, 0.2) is 5.65 Å². The van der Waals surface area contributed by atoms with Crippen molar-refractivity contribution >= 4 is 46.2 Å². The van der Waals surface area contributed by atoms with Gasteiger partial charge in [-0.2, -0.15) is 0 Å². The van der Waals surface area contributed by atoms with Crippen LogP contribution in [0.4, 0.5) is 4.79 Å². The van der Waals surface area contributed by atoms with Crippen molar-refractivity contribution in [3.8, 4) is 5.69 Å². The maximum atomic E-state index is 13.5. The number of carboxylic acid groups (broad SMARTS) is 1. The molecule has 6 rings (SSSR count). The van der Waals surface area contributed by atoms with Crippen molar-refractivity contribution in [3.63, 3.8) is 0 Å². The predicted octanol–water partition coefficient (Wildman–Crippen LogP) is 4.60. The van der Waals surface area contributed by atoms with Crippen LogP contribution in [0.1, 0.15) is 41.7 Å². The second-order valence-electron chi connectivity index (χ2n) is 11.4. The molecule has 0 aliphatic carbocycles. The van der Waals surface area contributed by atoms with E-state index in [-0.39, 0.29) is 42.4 Å². The van der Waals surface area contributed by atoms with Gasteiger partial charge in [-0.15, -0.1) is 0 Å². The number of fused-ring (bicyclic) bond motifs is 1. The quantitative estimate of drug-likeness (QED) is 0.326. The van der Waals surface area contributed by atoms with Crippen molar-refractivity contribution in [3.05, 3.63) is 92.6 Å². The Balaban J connectivity index is 1.19. The number of morpholine rings is 1. The van der Waals surface area contributed by atoms with Crippen LogP contribution < -0.4 is 5.56 Å². The number of likely N-dealkylation sites (tertiary alicyclic amines) is 1. The van der Waals surface area contributed by atoms with Gasteiger partial charge >= 0.3 is 6.09 Å². The summed E-state index contributed by atoms with van der Waals surface area (Å²) in [6, 6.07) is 15.0. The third kappa shape index (κ3) is 5.80. The summed E-state index contributed by atoms with van der Waals surface area (Å²) in [5, 5.41) is 22.1. The molecule has 0 unspecified atom stereocenters. The number of halogens is 2. The summed E-state index contributed by atoms with van der Waals surface area (Å²) in [4.78, 5) is 45.8. The van der Waals surface area contributed by atoms with E-state index in [1.165, 1.54) is 15.8 Å². The molecule has 0 spiro atoms. The van der Waals surface area contributed by atoms with Gasteiger partial charge in [0.25, 0.3) is 11.5 Å². The molecule has 2 aromatic carbocycles. The normalized spacial score (nSPS) is 20.2. The Morgan fingerprint density at radius 1 is 1.07 bits per heavy atom. The van der Waals surface area contributed by atoms with E-state index in [2.05, 4.69) is 4.98 Å². The molecule has 2 atom stereocenters. The molecule has 2 fully saturated rings. The van der Waals surface area contributed by atoms with Gasteiger partial charge in [-0.25, -0.2) is 9.78 Å². The number of carbonyl (C=O) groups is 2. The zero-order chi connectivity index (χ0) is 31.2. The fourth-order valence-electron chi connectivity index (χ4n) is 5.96. The van der Waals surface area contributed by atoms with Gasteiger partial charge in [-0.05, 0) is 67.8 Å². The number of aliphatic hydroxyl groups is 1. The first-order chi connectivity index (χ1) is 21.0. The van der Waals surface area contributed by atoms with E-state index < -0.39 is 17.7 Å². The molecular weight excluding hydrogens is 609 g/mol. The molecule has 230 valence electrons. The van der Waals surface area contributed by atoms with Crippen molar-refractivity contribution in [2.24, 2.45) is 0 Å². The highest BCUT2D eigenvalue weighted by molar-refractivity contribution is 6.31. The molecule has 2 amide bonds. The lowest BCUT2D eigenvalue weighted by Crippen LogP contribution is -2.49. The summed E-state index contributed by atoms with van der Waals surface area (Å²) in [5.41, 5.74) is 0.790. The fourth-order valence-corrected chi connectivity index (χ4v) is 6.37. The Bertz CT molecular complexity index is 1760. The largest absolute Gasteiger partial charge is 0.465 e. The molecule has 0 saturated carbocycles. The Kier molecular flexibility index (Phi) is 8.14. The third-order valence-corrected chi connectivity index (χ3v) is 8.96. The highest BCUT2D eigenvalue weighted by Crippen LogP contribution is 2.30. The van der Waals surface area contributed by atoms with Gasteiger partial charge < -0.3 is 19.8 Å². The summed E-state index contributed by atoms with van der Waals surface area (Å²) in [6.07, 6.45) is 0.820. The lowest BCUT2D eigenvalue weighted by Gasteiger charge is -2.38. The van der Waals surface area contributed by atoms with E-state index in [4.69, 9.17) is 27.9 Å². The second-order valence-corrected chi connectivity index (χ2v) is 12.3. The maximum Gasteiger partial charge on any atom is 0.407 e. The van der Waals surface area contributed by atoms with E-state index in [0.717, 1.165) is 5.56 Å². The molecule has 4 heterocycles. The van der Waals surface area contributed by atoms with Crippen molar-refractivity contribution in [2.75, 3.05) is 26.2 Å². The number of carbonyl (C=O) groups excluding carboxylic acids is 1. The van der Waals surface area contributed by atoms with Crippen LogP contribution in [0.2, 0.25) is 10.2 Å². The van der Waals surface area contributed by atoms with Crippen LogP contribution in [-0.2, 0) is 11.3 Å². The topological polar surface area (TPSA) is 130 Å². The maximum absolute atomic E-state index is 13.5. The van der Waals surface area contributed by atoms with Crippen LogP contribution in [0, 0.1) is 0 Å². The minimum atomic E-state index is -1.19. The molecule has 4 aromatic rings. The smallest absolute Gasteiger partial charge is 0.407 e. The Morgan fingerprint density at radius 2 is 1.75 bits per heavy atom. The Labute approximate surface area is 262 Å². The fraction of sp³-hybridized carbons (Fsp3) is 0.355. The lowest BCUT2D eigenvalue weighted by atomic mass is 9.91. The Hall–Kier alpha value is -3.90. The minimum Gasteiger partial charge on any atom is -0.465 e. The summed E-state index contributed by atoms with van der Waals surface area (Å²) in [6.45, 7) is 3.08. The van der Waals surface area contributed by atoms with E-state index >= 15 is 0 Å². The molecule has 13 heteroatoms. The van der Waals surface area contributed by atoms with Gasteiger partial charge in [0.1, 0.15) is 11.5 Å². The van der Waals surface area contributed by atoms with Gasteiger partial charge in [0.2, 0.25) is 0 Å². The standard InChI is InChI=1S/C31H31Cl2N5O6/c1-19-15-37(30(41)42)25(16-44-19)20-4-8-23(9-5-20)38-26(33)14-24-27(38)34-18-36(29(24)40)17-31(43)10-12-35(13-11-31)28(39)21-2-6-22(32)7-3-21/h2-9,14,18-19,25,43H,10-13,15-17H2,1H3,(H,41,42)/t19-,25+/m1/s1. The Morgan fingerprint density at radius 3 is 2.41 bits per heavy atom. The zero-order valence-electron chi connectivity index (χ0n) is 23.9. The first-order valence-electron chi connectivity index (χ1n) is 14.3. The molecular formula is C31H31Cl2N5O6. The van der Waals surface area contributed by atoms with Crippen molar-refractivity contribution in [1.82, 2.24) is 23.9 Å². The van der Waals surface area contributed by atoms with Gasteiger partial charge in [-0.3, -0.25) is 23.6 Å². The summed E-state index contributed by atoms with van der Waals surface area (Å²) >= 11 is 12.5. The number of ether oxygens (including phenoxy) is 1. The van der Waals surface area contributed by atoms with Crippen LogP contribution in [0.5, 0.6) is 0 Å². The number of amides is 2. The van der Waals surface area contributed by atoms with Crippen LogP contribution >= 0.6 is 23.2 Å². The van der Waals surface area contributed by atoms with Crippen LogP contribution in [0.25, 0.3) is 16.7 Å². The molecule has 0 bridgehead atoms. The predicted molar refractivity (Wildman–Crippen MR) is 165 cm³/mol. The van der Waals surface area contributed by atoms with E-state index in [1.54, 1.807) is 51.9 Å². The first kappa shape index (κ1) is 30.1. The highest BCUT2D eigenvalue weighted by Gasteiger charge is 2.35. The summed E-state index contributed by atoms with van der Waals surface area (Å²) in [5.74, 6) is -0.131. The molecule has 2 aliphatic heterocycles. The number of rotatable bonds is 5. The number of nitrogens with zero attached hydrogens (tertiary/aromatic N) is 5. The molecule has 2 saturated heterocycles. The molecule has 2 aromatic heterocycles. The van der Waals surface area contributed by atoms with Crippen molar-refractivity contribution < 1.29 is 24.5 Å². The number of piperidine rings is 1. The molecule has 2 N–H and O–H groups in total. The van der Waals surface area contributed by atoms with Gasteiger partial charge in [-0.1, -0.05) is 35.3 Å². The minimum absolute atomic E-state index is 0.0252. The highest BCUT2D eigenvalue weighted by atomic mass is 35.5. The van der Waals surface area contributed by atoms with Gasteiger partial charge in [0, 0.05) is 29.4 Å². The van der Waals surface area contributed by atoms with Crippen LogP contribution in [0.3, 0.4) is 0 Å². The SMILES string of the molecule is C[C@@H]1CN(C(=O)O)[C@H](c2ccc(-n3c(Cl)cc4c(=O)n(CC5(O)CCN(C(=O)c6ccc(Cl)cc6)CC5)cnc43)cc2)CO1. The average molecular weight is 641 g/mol. The number of benzene rings is 2. The second kappa shape index (κ2) is 11.9. The van der Waals surface area contributed by atoms with Crippen LogP contribution in [0.15, 0.2) is 65.7 Å². The summed E-state index contributed by atoms with van der Waals surface area (Å²) in [7, 11) is 0. The first-order valence-corrected chi connectivity index (χ1v) is 15.0. The van der Waals surface area contributed by atoms with E-state index in [9.17, 15) is 24.6 Å². The number of aromatic nitrogens is 3. The average Bonchev–Trinajstić information content (AvgIpc) is 3.35. The molecule has 44 heavy (non-hydrogen) atoms. The van der Waals surface area contributed by atoms with Crippen LogP contribution in [-0.4, -0.2) is 84.1 Å². The lowest BCUT2D eigenvalue weighted by molar-refractivity contribution is -0.0465. The molecule has 11 nitrogen and oxygen atoms in total. The van der Waals surface area contributed by atoms with E-state index in [0.29, 0.717) is 53.2 Å². The third-order valence-electron chi connectivity index (χ3n) is 8.43. The number of hydrogen-bond acceptors (Lipinski definition) is 6. The zero-order valence-corrected chi connectivity index (χ0v) is 25.4. The monoisotopic (exact) mass is 639 g/mol. The van der Waals surface area contributed by atoms with Crippen molar-refractivity contribution in [2.45, 2.75) is 44.1 Å². The van der Waals surface area contributed by atoms with Crippen molar-refractivity contribution in [1.29, 1.82) is 0 Å². The van der Waals surface area contributed by atoms with Gasteiger partial charge in [0.05, 0.1) is 42.8 Å². The number of hydrogen-bond donors (Lipinski definition) is 2. The molecule has 2 aliphatic rings. The van der Waals surface area contributed by atoms with E-state index in [1.807, 2.05) is 19.1 Å².